The molecule has 1 aliphatic rings. The summed E-state index contributed by atoms with van der Waals surface area (Å²) >= 11 is 5.09. The molecule has 1 aliphatic heterocycles. The van der Waals surface area contributed by atoms with Crippen LogP contribution < -0.4 is 0 Å². The van der Waals surface area contributed by atoms with Gasteiger partial charge >= 0.3 is 0 Å². The van der Waals surface area contributed by atoms with Crippen molar-refractivity contribution in [1.29, 1.82) is 0 Å². The van der Waals surface area contributed by atoms with Gasteiger partial charge in [-0.3, -0.25) is 4.79 Å². The highest BCUT2D eigenvalue weighted by molar-refractivity contribution is 9.10. The van der Waals surface area contributed by atoms with Gasteiger partial charge in [-0.25, -0.2) is 0 Å². The Morgan fingerprint density at radius 1 is 1.71 bits per heavy atom. The molecule has 1 aromatic heterocycles. The summed E-state index contributed by atoms with van der Waals surface area (Å²) in [6.45, 7) is 3.36. The number of nitrogens with zero attached hydrogens (tertiary/aromatic N) is 1. The minimum Gasteiger partial charge on any atom is -0.378 e. The van der Waals surface area contributed by atoms with E-state index >= 15 is 0 Å². The van der Waals surface area contributed by atoms with Gasteiger partial charge in [-0.2, -0.15) is 0 Å². The van der Waals surface area contributed by atoms with Crippen LogP contribution in [-0.4, -0.2) is 30.6 Å². The lowest BCUT2D eigenvalue weighted by Crippen LogP contribution is -2.35. The molecular formula is C12H16BrNO2S. The summed E-state index contributed by atoms with van der Waals surface area (Å²) in [7, 11) is 1.86. The Kier molecular flexibility index (Phi) is 4.22. The normalized spacial score (nSPS) is 23.9. The summed E-state index contributed by atoms with van der Waals surface area (Å²) in [6.07, 6.45) is 0.901. The van der Waals surface area contributed by atoms with Crippen molar-refractivity contribution in [2.75, 3.05) is 13.7 Å². The summed E-state index contributed by atoms with van der Waals surface area (Å²) in [4.78, 5) is 15.2. The van der Waals surface area contributed by atoms with E-state index in [-0.39, 0.29) is 17.9 Å². The molecule has 0 saturated carbocycles. The molecular weight excluding hydrogens is 302 g/mol. The van der Waals surface area contributed by atoms with Crippen LogP contribution in [-0.2, 0) is 16.1 Å². The Hall–Kier alpha value is -0.390. The second-order valence-electron chi connectivity index (χ2n) is 4.40. The Morgan fingerprint density at radius 2 is 2.47 bits per heavy atom. The van der Waals surface area contributed by atoms with E-state index in [1.165, 1.54) is 4.88 Å². The van der Waals surface area contributed by atoms with Gasteiger partial charge in [-0.05, 0) is 35.3 Å². The molecule has 2 atom stereocenters. The summed E-state index contributed by atoms with van der Waals surface area (Å²) in [5, 5.41) is 2.04. The first-order chi connectivity index (χ1) is 8.08. The van der Waals surface area contributed by atoms with Gasteiger partial charge < -0.3 is 9.64 Å². The molecule has 2 rings (SSSR count). The molecule has 0 aromatic carbocycles. The number of rotatable bonds is 3. The number of hydrogen-bond acceptors (Lipinski definition) is 3. The highest BCUT2D eigenvalue weighted by Gasteiger charge is 2.32. The topological polar surface area (TPSA) is 29.5 Å². The van der Waals surface area contributed by atoms with Gasteiger partial charge in [0.1, 0.15) is 0 Å². The zero-order valence-electron chi connectivity index (χ0n) is 9.98. The second-order valence-corrected chi connectivity index (χ2v) is 6.31. The van der Waals surface area contributed by atoms with E-state index in [9.17, 15) is 4.79 Å². The van der Waals surface area contributed by atoms with Crippen molar-refractivity contribution >= 4 is 33.2 Å². The zero-order valence-corrected chi connectivity index (χ0v) is 12.4. The number of thiophene rings is 1. The van der Waals surface area contributed by atoms with Gasteiger partial charge in [-0.15, -0.1) is 11.3 Å². The number of carbonyl (C=O) groups excluding carboxylic acids is 1. The largest absolute Gasteiger partial charge is 0.378 e. The van der Waals surface area contributed by atoms with Gasteiger partial charge in [0.05, 0.1) is 18.6 Å². The summed E-state index contributed by atoms with van der Waals surface area (Å²) in [5.74, 6) is 0.225. The second kappa shape index (κ2) is 5.50. The van der Waals surface area contributed by atoms with Crippen molar-refractivity contribution in [3.8, 4) is 0 Å². The van der Waals surface area contributed by atoms with Gasteiger partial charge in [-0.1, -0.05) is 0 Å². The van der Waals surface area contributed by atoms with Crippen LogP contribution in [0.1, 0.15) is 18.2 Å². The third kappa shape index (κ3) is 3.09. The predicted octanol–water partition coefficient (Wildman–Crippen LogP) is 2.89. The maximum atomic E-state index is 12.2. The fourth-order valence-corrected chi connectivity index (χ4v) is 3.59. The van der Waals surface area contributed by atoms with E-state index in [0.717, 1.165) is 10.9 Å². The average molecular weight is 318 g/mol. The molecule has 94 valence electrons. The van der Waals surface area contributed by atoms with Gasteiger partial charge in [0.2, 0.25) is 5.91 Å². The van der Waals surface area contributed by atoms with Crippen molar-refractivity contribution < 1.29 is 9.53 Å². The number of carbonyl (C=O) groups is 1. The molecule has 1 amide bonds. The Labute approximate surface area is 114 Å². The molecule has 1 aromatic rings. The quantitative estimate of drug-likeness (QED) is 0.858. The number of halogens is 1. The van der Waals surface area contributed by atoms with Crippen LogP contribution in [0.5, 0.6) is 0 Å². The van der Waals surface area contributed by atoms with E-state index in [4.69, 9.17) is 4.74 Å². The molecule has 1 saturated heterocycles. The van der Waals surface area contributed by atoms with Gasteiger partial charge in [0.25, 0.3) is 0 Å². The zero-order chi connectivity index (χ0) is 12.4. The predicted molar refractivity (Wildman–Crippen MR) is 72.0 cm³/mol. The first kappa shape index (κ1) is 13.1. The molecule has 0 N–H and O–H groups in total. The van der Waals surface area contributed by atoms with Crippen molar-refractivity contribution in [1.82, 2.24) is 4.90 Å². The standard InChI is InChI=1S/C12H16BrNO2S/c1-8-11(3-4-16-8)12(15)14(2)6-10-5-9(13)7-17-10/h5,7-8,11H,3-4,6H2,1-2H3. The van der Waals surface area contributed by atoms with Crippen LogP contribution >= 0.6 is 27.3 Å². The first-order valence-corrected chi connectivity index (χ1v) is 7.34. The van der Waals surface area contributed by atoms with E-state index in [1.54, 1.807) is 16.2 Å². The maximum absolute atomic E-state index is 12.2. The van der Waals surface area contributed by atoms with Crippen molar-refractivity contribution in [3.63, 3.8) is 0 Å². The summed E-state index contributed by atoms with van der Waals surface area (Å²) in [6, 6.07) is 2.06. The molecule has 5 heteroatoms. The molecule has 2 unspecified atom stereocenters. The third-order valence-corrected chi connectivity index (χ3v) is 4.77. The van der Waals surface area contributed by atoms with Gasteiger partial charge in [0.15, 0.2) is 0 Å². The van der Waals surface area contributed by atoms with Crippen LogP contribution in [0.3, 0.4) is 0 Å². The average Bonchev–Trinajstić information content (AvgIpc) is 2.86. The van der Waals surface area contributed by atoms with Crippen molar-refractivity contribution in [3.05, 3.63) is 20.8 Å². The summed E-state index contributed by atoms with van der Waals surface area (Å²) < 4.78 is 6.52. The summed E-state index contributed by atoms with van der Waals surface area (Å²) in [5.41, 5.74) is 0. The minimum atomic E-state index is 0.0309. The lowest BCUT2D eigenvalue weighted by Gasteiger charge is -2.22. The molecule has 0 radical (unpaired) electrons. The highest BCUT2D eigenvalue weighted by Crippen LogP contribution is 2.25. The number of hydrogen-bond donors (Lipinski definition) is 0. The highest BCUT2D eigenvalue weighted by atomic mass is 79.9. The van der Waals surface area contributed by atoms with E-state index < -0.39 is 0 Å². The molecule has 3 nitrogen and oxygen atoms in total. The smallest absolute Gasteiger partial charge is 0.228 e. The fourth-order valence-electron chi connectivity index (χ4n) is 2.09. The van der Waals surface area contributed by atoms with Crippen molar-refractivity contribution in [2.24, 2.45) is 5.92 Å². The van der Waals surface area contributed by atoms with Crippen LogP contribution in [0, 0.1) is 5.92 Å². The van der Waals surface area contributed by atoms with E-state index in [0.29, 0.717) is 13.2 Å². The van der Waals surface area contributed by atoms with Gasteiger partial charge in [0, 0.05) is 28.4 Å². The fraction of sp³-hybridized carbons (Fsp3) is 0.583. The van der Waals surface area contributed by atoms with E-state index in [1.807, 2.05) is 19.4 Å². The van der Waals surface area contributed by atoms with Crippen LogP contribution in [0.4, 0.5) is 0 Å². The SMILES string of the molecule is CC1OCCC1C(=O)N(C)Cc1cc(Br)cs1. The maximum Gasteiger partial charge on any atom is 0.228 e. The monoisotopic (exact) mass is 317 g/mol. The minimum absolute atomic E-state index is 0.0309. The third-order valence-electron chi connectivity index (χ3n) is 3.08. The lowest BCUT2D eigenvalue weighted by molar-refractivity contribution is -0.136. The van der Waals surface area contributed by atoms with Crippen LogP contribution in [0.15, 0.2) is 15.9 Å². The number of ether oxygens (including phenoxy) is 1. The molecule has 2 heterocycles. The Bertz CT molecular complexity index is 407. The molecule has 0 bridgehead atoms. The Balaban J connectivity index is 1.95. The lowest BCUT2D eigenvalue weighted by atomic mass is 10.0. The molecule has 0 aliphatic carbocycles. The molecule has 0 spiro atoms. The van der Waals surface area contributed by atoms with E-state index in [2.05, 4.69) is 22.0 Å². The molecule has 17 heavy (non-hydrogen) atoms. The Morgan fingerprint density at radius 3 is 3.00 bits per heavy atom. The molecule has 1 fully saturated rings. The first-order valence-electron chi connectivity index (χ1n) is 5.67. The van der Waals surface area contributed by atoms with Crippen LogP contribution in [0.25, 0.3) is 0 Å². The number of amides is 1. The van der Waals surface area contributed by atoms with Crippen molar-refractivity contribution in [2.45, 2.75) is 26.0 Å². The van der Waals surface area contributed by atoms with Crippen LogP contribution in [0.2, 0.25) is 0 Å².